The Hall–Kier alpha value is -1.04. The molecule has 0 aromatic rings. The third-order valence-electron chi connectivity index (χ3n) is 3.25. The van der Waals surface area contributed by atoms with Gasteiger partial charge in [-0.3, -0.25) is 19.3 Å². The molecule has 0 aromatic heterocycles. The van der Waals surface area contributed by atoms with Crippen LogP contribution in [0.15, 0.2) is 0 Å². The highest BCUT2D eigenvalue weighted by atomic mass is 28.4. The third kappa shape index (κ3) is 6.12. The number of imide groups is 1. The van der Waals surface area contributed by atoms with Gasteiger partial charge in [0.1, 0.15) is 0 Å². The smallest absolute Gasteiger partial charge is 0.305 e. The first-order chi connectivity index (χ1) is 10.9. The first kappa shape index (κ1) is 21.0. The van der Waals surface area contributed by atoms with E-state index < -0.39 is 28.8 Å². The first-order valence-electron chi connectivity index (χ1n) is 8.13. The third-order valence-corrected chi connectivity index (χ3v) is 5.17. The van der Waals surface area contributed by atoms with Crippen LogP contribution in [0.5, 0.6) is 0 Å². The summed E-state index contributed by atoms with van der Waals surface area (Å²) in [4.78, 5) is 37.7. The number of ether oxygens (including phenoxy) is 1. The van der Waals surface area contributed by atoms with Crippen LogP contribution in [-0.2, 0) is 28.0 Å². The second kappa shape index (κ2) is 7.90. The van der Waals surface area contributed by atoms with Gasteiger partial charge in [0, 0.05) is 13.0 Å². The maximum Gasteiger partial charge on any atom is 0.305 e. The number of nitrogens with zero attached hydrogens (tertiary/aromatic N) is 1. The molecule has 1 aliphatic heterocycles. The molecule has 1 saturated heterocycles. The van der Waals surface area contributed by atoms with Gasteiger partial charge in [0.2, 0.25) is 0 Å². The molecule has 7 nitrogen and oxygen atoms in total. The Kier molecular flexibility index (Phi) is 6.91. The van der Waals surface area contributed by atoms with Crippen LogP contribution in [-0.4, -0.2) is 65.2 Å². The van der Waals surface area contributed by atoms with Crippen molar-refractivity contribution >= 4 is 34.4 Å². The van der Waals surface area contributed by atoms with Crippen molar-refractivity contribution in [3.05, 3.63) is 0 Å². The van der Waals surface area contributed by atoms with E-state index in [0.29, 0.717) is 6.42 Å². The molecule has 2 atom stereocenters. The molecule has 1 fully saturated rings. The quantitative estimate of drug-likeness (QED) is 0.365. The van der Waals surface area contributed by atoms with Crippen molar-refractivity contribution in [2.45, 2.75) is 64.3 Å². The maximum atomic E-state index is 12.7. The van der Waals surface area contributed by atoms with Gasteiger partial charge in [-0.05, 0) is 45.7 Å². The Morgan fingerprint density at radius 1 is 0.958 bits per heavy atom. The minimum atomic E-state index is -2.03. The number of hydrogen-bond acceptors (Lipinski definition) is 6. The van der Waals surface area contributed by atoms with Gasteiger partial charge in [0.15, 0.2) is 28.8 Å². The van der Waals surface area contributed by atoms with Gasteiger partial charge in [0.25, 0.3) is 11.8 Å². The second-order valence-corrected chi connectivity index (χ2v) is 16.7. The van der Waals surface area contributed by atoms with Crippen molar-refractivity contribution in [1.29, 1.82) is 0 Å². The molecule has 1 rings (SSSR count). The van der Waals surface area contributed by atoms with Gasteiger partial charge in [-0.25, -0.2) is 0 Å². The molecule has 24 heavy (non-hydrogen) atoms. The summed E-state index contributed by atoms with van der Waals surface area (Å²) in [5.74, 6) is -1.09. The summed E-state index contributed by atoms with van der Waals surface area (Å²) in [5.41, 5.74) is 0. The molecular formula is C15H29NO6Si2. The Morgan fingerprint density at radius 2 is 1.38 bits per heavy atom. The first-order valence-corrected chi connectivity index (χ1v) is 14.9. The van der Waals surface area contributed by atoms with Crippen LogP contribution in [0, 0.1) is 0 Å². The average Bonchev–Trinajstić information content (AvgIpc) is 2.61. The molecule has 138 valence electrons. The van der Waals surface area contributed by atoms with Gasteiger partial charge in [-0.15, -0.1) is 0 Å². The van der Waals surface area contributed by atoms with E-state index in [1.807, 2.05) is 39.3 Å². The van der Waals surface area contributed by atoms with Crippen molar-refractivity contribution < 1.29 is 28.0 Å². The zero-order valence-electron chi connectivity index (χ0n) is 15.7. The van der Waals surface area contributed by atoms with Crippen molar-refractivity contribution in [3.63, 3.8) is 0 Å². The fourth-order valence-corrected chi connectivity index (χ4v) is 4.34. The van der Waals surface area contributed by atoms with Gasteiger partial charge >= 0.3 is 5.97 Å². The van der Waals surface area contributed by atoms with E-state index >= 15 is 0 Å². The van der Waals surface area contributed by atoms with Crippen LogP contribution < -0.4 is 0 Å². The number of amides is 2. The van der Waals surface area contributed by atoms with Crippen molar-refractivity contribution in [2.75, 3.05) is 13.7 Å². The SMILES string of the molecule is COC(=O)CCCN1C(=O)[C@@H](O[Si](C)(C)C)[C@H](O[Si](C)(C)C)C1=O. The van der Waals surface area contributed by atoms with Crippen molar-refractivity contribution in [1.82, 2.24) is 4.90 Å². The lowest BCUT2D eigenvalue weighted by Gasteiger charge is -2.28. The van der Waals surface area contributed by atoms with Crippen molar-refractivity contribution in [2.24, 2.45) is 0 Å². The van der Waals surface area contributed by atoms with E-state index in [4.69, 9.17) is 8.85 Å². The van der Waals surface area contributed by atoms with E-state index in [0.717, 1.165) is 0 Å². The average molecular weight is 376 g/mol. The molecule has 0 aliphatic carbocycles. The highest BCUT2D eigenvalue weighted by Crippen LogP contribution is 2.26. The number of carbonyl (C=O) groups is 3. The second-order valence-electron chi connectivity index (χ2n) is 7.81. The predicted octanol–water partition coefficient (Wildman–Crippen LogP) is 1.75. The summed E-state index contributed by atoms with van der Waals surface area (Å²) in [5, 5.41) is 0. The van der Waals surface area contributed by atoms with Crippen LogP contribution in [0.3, 0.4) is 0 Å². The molecule has 0 saturated carbocycles. The lowest BCUT2D eigenvalue weighted by atomic mass is 10.2. The number of rotatable bonds is 8. The number of hydrogen-bond donors (Lipinski definition) is 0. The summed E-state index contributed by atoms with van der Waals surface area (Å²) >= 11 is 0. The summed E-state index contributed by atoms with van der Waals surface area (Å²) in [6.45, 7) is 12.0. The van der Waals surface area contributed by atoms with Crippen molar-refractivity contribution in [3.8, 4) is 0 Å². The highest BCUT2D eigenvalue weighted by molar-refractivity contribution is 6.70. The summed E-state index contributed by atoms with van der Waals surface area (Å²) < 4.78 is 16.5. The van der Waals surface area contributed by atoms with E-state index in [-0.39, 0.29) is 30.7 Å². The lowest BCUT2D eigenvalue weighted by Crippen LogP contribution is -2.46. The Balaban J connectivity index is 2.89. The Labute approximate surface area is 145 Å². The zero-order valence-corrected chi connectivity index (χ0v) is 17.7. The normalized spacial score (nSPS) is 22.2. The van der Waals surface area contributed by atoms with E-state index in [9.17, 15) is 14.4 Å². The standard InChI is InChI=1S/C15H29NO6Si2/c1-20-11(17)9-8-10-16-14(18)12(21-23(2,3)4)13(15(16)19)22-24(5,6)7/h12-13H,8-10H2,1-7H3/t12-,13-/m0/s1. The lowest BCUT2D eigenvalue weighted by molar-refractivity contribution is -0.144. The van der Waals surface area contributed by atoms with Crippen LogP contribution >= 0.6 is 0 Å². The van der Waals surface area contributed by atoms with E-state index in [1.165, 1.54) is 12.0 Å². The largest absolute Gasteiger partial charge is 0.469 e. The highest BCUT2D eigenvalue weighted by Gasteiger charge is 2.51. The summed E-state index contributed by atoms with van der Waals surface area (Å²) in [6, 6.07) is 0. The molecule has 2 amide bonds. The fourth-order valence-electron chi connectivity index (χ4n) is 2.36. The minimum Gasteiger partial charge on any atom is -0.469 e. The van der Waals surface area contributed by atoms with E-state index in [2.05, 4.69) is 4.74 Å². The number of carbonyl (C=O) groups excluding carboxylic acids is 3. The fraction of sp³-hybridized carbons (Fsp3) is 0.800. The minimum absolute atomic E-state index is 0.159. The van der Waals surface area contributed by atoms with Crippen LogP contribution in [0.25, 0.3) is 0 Å². The molecule has 0 spiro atoms. The molecule has 1 heterocycles. The summed E-state index contributed by atoms with van der Waals surface area (Å²) in [7, 11) is -2.76. The van der Waals surface area contributed by atoms with Gasteiger partial charge in [-0.1, -0.05) is 0 Å². The van der Waals surface area contributed by atoms with Gasteiger partial charge in [-0.2, -0.15) is 0 Å². The number of esters is 1. The molecule has 0 aromatic carbocycles. The van der Waals surface area contributed by atoms with Crippen LogP contribution in [0.2, 0.25) is 39.3 Å². The molecule has 0 N–H and O–H groups in total. The number of methoxy groups -OCH3 is 1. The molecule has 1 aliphatic rings. The predicted molar refractivity (Wildman–Crippen MR) is 94.4 cm³/mol. The topological polar surface area (TPSA) is 82.1 Å². The van der Waals surface area contributed by atoms with Crippen LogP contribution in [0.1, 0.15) is 12.8 Å². The van der Waals surface area contributed by atoms with E-state index in [1.54, 1.807) is 0 Å². The van der Waals surface area contributed by atoms with Gasteiger partial charge < -0.3 is 13.6 Å². The summed E-state index contributed by atoms with van der Waals surface area (Å²) in [6.07, 6.45) is -1.24. The van der Waals surface area contributed by atoms with Gasteiger partial charge in [0.05, 0.1) is 7.11 Å². The van der Waals surface area contributed by atoms with Crippen LogP contribution in [0.4, 0.5) is 0 Å². The monoisotopic (exact) mass is 375 g/mol. The molecule has 0 radical (unpaired) electrons. The Bertz CT molecular complexity index is 463. The Morgan fingerprint density at radius 3 is 1.71 bits per heavy atom. The molecule has 0 bridgehead atoms. The molecule has 0 unspecified atom stereocenters. The maximum absolute atomic E-state index is 12.7. The molecular weight excluding hydrogens is 346 g/mol. The zero-order chi connectivity index (χ0) is 18.7. The molecule has 9 heteroatoms. The number of likely N-dealkylation sites (tertiary alicyclic amines) is 1.